The molecule has 0 amide bonds. The third-order valence-electron chi connectivity index (χ3n) is 2.46. The van der Waals surface area contributed by atoms with Crippen molar-refractivity contribution in [2.75, 3.05) is 21.3 Å². The molecule has 0 spiro atoms. The lowest BCUT2D eigenvalue weighted by atomic mass is 11.3. The Morgan fingerprint density at radius 2 is 0.889 bits per heavy atom. The Kier molecular flexibility index (Phi) is 4.99. The zero-order valence-electron chi connectivity index (χ0n) is 10.8. The Bertz CT molecular complexity index is 289. The third kappa shape index (κ3) is 2.64. The van der Waals surface area contributed by atoms with Crippen molar-refractivity contribution in [1.29, 1.82) is 0 Å². The summed E-state index contributed by atoms with van der Waals surface area (Å²) in [6.07, 6.45) is 0. The summed E-state index contributed by atoms with van der Waals surface area (Å²) in [5.41, 5.74) is 4.51. The van der Waals surface area contributed by atoms with Gasteiger partial charge in [-0.25, -0.2) is 0 Å². The molecule has 0 N–H and O–H groups in total. The molecule has 1 aliphatic heterocycles. The highest BCUT2D eigenvalue weighted by Crippen LogP contribution is 2.33. The van der Waals surface area contributed by atoms with Gasteiger partial charge < -0.3 is 25.6 Å². The Labute approximate surface area is 111 Å². The summed E-state index contributed by atoms with van der Waals surface area (Å²) >= 11 is 0. The molecule has 0 aromatic carbocycles. The van der Waals surface area contributed by atoms with Gasteiger partial charge in [0.15, 0.2) is 0 Å². The van der Waals surface area contributed by atoms with Crippen LogP contribution in [0.3, 0.4) is 0 Å². The summed E-state index contributed by atoms with van der Waals surface area (Å²) in [6, 6.07) is 0. The largest absolute Gasteiger partial charge is 0.514 e. The van der Waals surface area contributed by atoms with Gasteiger partial charge in [-0.1, -0.05) is 19.7 Å². The molecular formula is C9H18O6Si3. The lowest BCUT2D eigenvalue weighted by Crippen LogP contribution is -2.71. The molecule has 0 radical (unpaired) electrons. The smallest absolute Gasteiger partial charge is 0.375 e. The van der Waals surface area contributed by atoms with Crippen molar-refractivity contribution in [3.8, 4) is 0 Å². The van der Waals surface area contributed by atoms with E-state index in [1.807, 2.05) is 0 Å². The second kappa shape index (κ2) is 5.73. The van der Waals surface area contributed by atoms with E-state index in [2.05, 4.69) is 19.7 Å². The molecular weight excluding hydrogens is 288 g/mol. The Hall–Kier alpha value is -0.369. The van der Waals surface area contributed by atoms with Gasteiger partial charge in [0.1, 0.15) is 0 Å². The maximum Gasteiger partial charge on any atom is 0.514 e. The normalized spacial score (nSPS) is 40.2. The van der Waals surface area contributed by atoms with Gasteiger partial charge in [0.05, 0.1) is 0 Å². The fourth-order valence-electron chi connectivity index (χ4n) is 1.41. The highest BCUT2D eigenvalue weighted by molar-refractivity contribution is 6.93. The van der Waals surface area contributed by atoms with Crippen molar-refractivity contribution >= 4 is 26.4 Å². The van der Waals surface area contributed by atoms with Gasteiger partial charge in [-0.2, -0.15) is 0 Å². The lowest BCUT2D eigenvalue weighted by Gasteiger charge is -2.45. The van der Waals surface area contributed by atoms with Crippen LogP contribution < -0.4 is 0 Å². The zero-order chi connectivity index (χ0) is 13.9. The van der Waals surface area contributed by atoms with E-state index in [0.29, 0.717) is 0 Å². The highest BCUT2D eigenvalue weighted by atomic mass is 28.5. The molecule has 0 aromatic heterocycles. The maximum atomic E-state index is 5.78. The SMILES string of the molecule is C=C[Si]1(OC)O[Si](C=C)(OC)O[Si](C=C)(OC)O1. The van der Waals surface area contributed by atoms with Crippen LogP contribution in [-0.2, 0) is 25.6 Å². The first-order valence-electron chi connectivity index (χ1n) is 5.15. The van der Waals surface area contributed by atoms with E-state index in [0.717, 1.165) is 0 Å². The van der Waals surface area contributed by atoms with Crippen LogP contribution in [0.4, 0.5) is 0 Å². The van der Waals surface area contributed by atoms with E-state index < -0.39 is 26.4 Å². The first-order valence-corrected chi connectivity index (χ1v) is 10.6. The van der Waals surface area contributed by atoms with Gasteiger partial charge in [-0.3, -0.25) is 0 Å². The minimum atomic E-state index is -3.12. The third-order valence-corrected chi connectivity index (χ3v) is 12.5. The van der Waals surface area contributed by atoms with Crippen molar-refractivity contribution < 1.29 is 25.6 Å². The second-order valence-corrected chi connectivity index (χ2v) is 11.9. The van der Waals surface area contributed by atoms with Crippen LogP contribution in [0.15, 0.2) is 36.8 Å². The van der Waals surface area contributed by atoms with E-state index in [-0.39, 0.29) is 0 Å². The van der Waals surface area contributed by atoms with Crippen LogP contribution in [-0.4, -0.2) is 47.7 Å². The summed E-state index contributed by atoms with van der Waals surface area (Å²) in [5.74, 6) is 0. The topological polar surface area (TPSA) is 55.4 Å². The van der Waals surface area contributed by atoms with E-state index in [1.54, 1.807) is 0 Å². The molecule has 0 atom stereocenters. The van der Waals surface area contributed by atoms with Gasteiger partial charge in [0, 0.05) is 21.3 Å². The van der Waals surface area contributed by atoms with Crippen LogP contribution in [0.5, 0.6) is 0 Å². The molecule has 1 saturated heterocycles. The monoisotopic (exact) mass is 306 g/mol. The lowest BCUT2D eigenvalue weighted by molar-refractivity contribution is 0.0572. The van der Waals surface area contributed by atoms with Crippen molar-refractivity contribution in [2.24, 2.45) is 0 Å². The van der Waals surface area contributed by atoms with E-state index >= 15 is 0 Å². The molecule has 9 heteroatoms. The maximum absolute atomic E-state index is 5.78. The highest BCUT2D eigenvalue weighted by Gasteiger charge is 2.64. The van der Waals surface area contributed by atoms with Gasteiger partial charge in [0.2, 0.25) is 0 Å². The van der Waals surface area contributed by atoms with Crippen LogP contribution >= 0.6 is 0 Å². The van der Waals surface area contributed by atoms with Crippen LogP contribution in [0.1, 0.15) is 0 Å². The minimum Gasteiger partial charge on any atom is -0.375 e. The number of hydrogen-bond donors (Lipinski definition) is 0. The Morgan fingerprint density at radius 3 is 1.00 bits per heavy atom. The van der Waals surface area contributed by atoms with Crippen molar-refractivity contribution in [3.63, 3.8) is 0 Å². The molecule has 1 aliphatic rings. The molecule has 0 bridgehead atoms. The number of rotatable bonds is 6. The molecule has 1 rings (SSSR count). The van der Waals surface area contributed by atoms with Crippen LogP contribution in [0.2, 0.25) is 0 Å². The summed E-state index contributed by atoms with van der Waals surface area (Å²) in [4.78, 5) is 0. The van der Waals surface area contributed by atoms with Crippen LogP contribution in [0, 0.1) is 0 Å². The summed E-state index contributed by atoms with van der Waals surface area (Å²) in [5, 5.41) is 0. The molecule has 18 heavy (non-hydrogen) atoms. The molecule has 6 nitrogen and oxygen atoms in total. The first kappa shape index (κ1) is 15.7. The average molecular weight is 306 g/mol. The zero-order valence-corrected chi connectivity index (χ0v) is 13.8. The van der Waals surface area contributed by atoms with Crippen LogP contribution in [0.25, 0.3) is 0 Å². The summed E-state index contributed by atoms with van der Waals surface area (Å²) < 4.78 is 33.4. The standard InChI is InChI=1S/C9H18O6Si3/c1-7-16(10-4)13-17(8-2,11-5)15-18(9-3,12-6)14-16/h7-9H,1-3H2,4-6H3. The summed E-state index contributed by atoms with van der Waals surface area (Å²) in [6.45, 7) is 11.1. The van der Waals surface area contributed by atoms with Crippen molar-refractivity contribution in [2.45, 2.75) is 0 Å². The van der Waals surface area contributed by atoms with Gasteiger partial charge >= 0.3 is 26.4 Å². The van der Waals surface area contributed by atoms with E-state index in [1.165, 1.54) is 38.4 Å². The second-order valence-electron chi connectivity index (χ2n) is 3.34. The van der Waals surface area contributed by atoms with Gasteiger partial charge in [0.25, 0.3) is 0 Å². The predicted molar refractivity (Wildman–Crippen MR) is 72.1 cm³/mol. The van der Waals surface area contributed by atoms with Crippen molar-refractivity contribution in [1.82, 2.24) is 0 Å². The van der Waals surface area contributed by atoms with Gasteiger partial charge in [-0.15, -0.1) is 0 Å². The molecule has 0 aliphatic carbocycles. The fourth-order valence-corrected chi connectivity index (χ4v) is 12.3. The van der Waals surface area contributed by atoms with Gasteiger partial charge in [-0.05, 0) is 17.1 Å². The van der Waals surface area contributed by atoms with E-state index in [4.69, 9.17) is 25.6 Å². The predicted octanol–water partition coefficient (Wildman–Crippen LogP) is 0.981. The molecule has 102 valence electrons. The average Bonchev–Trinajstić information content (AvgIpc) is 2.46. The Morgan fingerprint density at radius 1 is 0.667 bits per heavy atom. The summed E-state index contributed by atoms with van der Waals surface area (Å²) in [7, 11) is -4.90. The minimum absolute atomic E-state index is 1.48. The molecule has 1 fully saturated rings. The first-order chi connectivity index (χ1) is 8.49. The quantitative estimate of drug-likeness (QED) is 0.682. The Balaban J connectivity index is 3.25. The van der Waals surface area contributed by atoms with Crippen molar-refractivity contribution in [3.05, 3.63) is 36.8 Å². The number of hydrogen-bond acceptors (Lipinski definition) is 6. The van der Waals surface area contributed by atoms with E-state index in [9.17, 15) is 0 Å². The fraction of sp³-hybridized carbons (Fsp3) is 0.333. The molecule has 0 aromatic rings. The molecule has 0 unspecified atom stereocenters. The molecule has 0 saturated carbocycles. The molecule has 1 heterocycles.